The summed E-state index contributed by atoms with van der Waals surface area (Å²) in [6.45, 7) is 5.14. The number of hydrogen-bond donors (Lipinski definition) is 1. The fourth-order valence-corrected chi connectivity index (χ4v) is 3.19. The van der Waals surface area contributed by atoms with E-state index in [4.69, 9.17) is 10.5 Å². The molecule has 16 heavy (non-hydrogen) atoms. The molecule has 3 nitrogen and oxygen atoms in total. The Morgan fingerprint density at radius 3 is 2.50 bits per heavy atom. The lowest BCUT2D eigenvalue weighted by Gasteiger charge is -2.43. The summed E-state index contributed by atoms with van der Waals surface area (Å²) in [6, 6.07) is 0.813. The van der Waals surface area contributed by atoms with E-state index in [1.807, 2.05) is 0 Å². The maximum atomic E-state index is 6.10. The molecule has 0 spiro atoms. The maximum absolute atomic E-state index is 6.10. The van der Waals surface area contributed by atoms with Gasteiger partial charge in [0.05, 0.1) is 11.6 Å². The van der Waals surface area contributed by atoms with E-state index < -0.39 is 0 Å². The van der Waals surface area contributed by atoms with Crippen LogP contribution in [0.2, 0.25) is 0 Å². The molecule has 2 aliphatic carbocycles. The van der Waals surface area contributed by atoms with E-state index in [9.17, 15) is 0 Å². The summed E-state index contributed by atoms with van der Waals surface area (Å²) in [4.78, 5) is 2.72. The van der Waals surface area contributed by atoms with Crippen LogP contribution in [0.5, 0.6) is 0 Å². The summed E-state index contributed by atoms with van der Waals surface area (Å²) in [7, 11) is 0. The standard InChI is InChI=1S/C13H24N2O/c1-10-13(9-14,6-7-16-10)15(12-4-5-12)8-11-2-3-11/h10-12H,2-9,14H2,1H3. The summed E-state index contributed by atoms with van der Waals surface area (Å²) in [5.41, 5.74) is 6.26. The number of hydrogen-bond acceptors (Lipinski definition) is 3. The van der Waals surface area contributed by atoms with Crippen molar-refractivity contribution in [2.75, 3.05) is 19.7 Å². The molecule has 3 rings (SSSR count). The van der Waals surface area contributed by atoms with E-state index in [2.05, 4.69) is 11.8 Å². The van der Waals surface area contributed by atoms with E-state index >= 15 is 0 Å². The molecule has 0 aromatic carbocycles. The van der Waals surface area contributed by atoms with Crippen LogP contribution in [0.25, 0.3) is 0 Å². The van der Waals surface area contributed by atoms with Gasteiger partial charge in [-0.05, 0) is 44.9 Å². The van der Waals surface area contributed by atoms with Gasteiger partial charge in [0, 0.05) is 25.7 Å². The van der Waals surface area contributed by atoms with Gasteiger partial charge in [-0.15, -0.1) is 0 Å². The van der Waals surface area contributed by atoms with Crippen molar-refractivity contribution in [1.82, 2.24) is 4.90 Å². The molecule has 92 valence electrons. The Morgan fingerprint density at radius 2 is 2.06 bits per heavy atom. The first-order chi connectivity index (χ1) is 7.76. The second-order valence-corrected chi connectivity index (χ2v) is 5.90. The van der Waals surface area contributed by atoms with Crippen molar-refractivity contribution in [2.24, 2.45) is 11.7 Å². The van der Waals surface area contributed by atoms with Crippen molar-refractivity contribution >= 4 is 0 Å². The molecular weight excluding hydrogens is 200 g/mol. The Morgan fingerprint density at radius 1 is 1.31 bits per heavy atom. The zero-order valence-electron chi connectivity index (χ0n) is 10.3. The minimum absolute atomic E-state index is 0.157. The van der Waals surface area contributed by atoms with E-state index in [1.165, 1.54) is 32.2 Å². The Balaban J connectivity index is 1.78. The van der Waals surface area contributed by atoms with Crippen LogP contribution in [-0.2, 0) is 4.74 Å². The van der Waals surface area contributed by atoms with Crippen molar-refractivity contribution in [2.45, 2.75) is 56.7 Å². The molecule has 2 unspecified atom stereocenters. The molecule has 2 N–H and O–H groups in total. The van der Waals surface area contributed by atoms with E-state index in [-0.39, 0.29) is 5.54 Å². The fraction of sp³-hybridized carbons (Fsp3) is 1.00. The summed E-state index contributed by atoms with van der Waals surface area (Å²) >= 11 is 0. The predicted octanol–water partition coefficient (Wildman–Crippen LogP) is 1.37. The molecule has 0 amide bonds. The van der Waals surface area contributed by atoms with Crippen LogP contribution in [0.3, 0.4) is 0 Å². The molecular formula is C13H24N2O. The lowest BCUT2D eigenvalue weighted by atomic mass is 9.89. The Hall–Kier alpha value is -0.120. The number of ether oxygens (including phenoxy) is 1. The van der Waals surface area contributed by atoms with Gasteiger partial charge in [-0.25, -0.2) is 0 Å². The molecule has 0 radical (unpaired) electrons. The van der Waals surface area contributed by atoms with Crippen LogP contribution < -0.4 is 5.73 Å². The zero-order valence-corrected chi connectivity index (χ0v) is 10.3. The van der Waals surface area contributed by atoms with E-state index in [0.717, 1.165) is 31.5 Å². The molecule has 2 atom stereocenters. The highest BCUT2D eigenvalue weighted by Gasteiger charge is 2.51. The maximum Gasteiger partial charge on any atom is 0.0743 e. The molecule has 3 aliphatic rings. The van der Waals surface area contributed by atoms with Gasteiger partial charge in [0.1, 0.15) is 0 Å². The van der Waals surface area contributed by atoms with E-state index in [0.29, 0.717) is 6.10 Å². The summed E-state index contributed by atoms with van der Waals surface area (Å²) in [6.07, 6.45) is 7.06. The quantitative estimate of drug-likeness (QED) is 0.766. The third-order valence-corrected chi connectivity index (χ3v) is 4.72. The highest BCUT2D eigenvalue weighted by molar-refractivity contribution is 5.06. The number of nitrogens with two attached hydrogens (primary N) is 1. The zero-order chi connectivity index (χ0) is 11.2. The fourth-order valence-electron chi connectivity index (χ4n) is 3.19. The second kappa shape index (κ2) is 3.97. The third-order valence-electron chi connectivity index (χ3n) is 4.72. The van der Waals surface area contributed by atoms with Gasteiger partial charge < -0.3 is 10.5 Å². The van der Waals surface area contributed by atoms with Gasteiger partial charge in [-0.2, -0.15) is 0 Å². The van der Waals surface area contributed by atoms with Gasteiger partial charge in [0.15, 0.2) is 0 Å². The third kappa shape index (κ3) is 1.79. The highest BCUT2D eigenvalue weighted by atomic mass is 16.5. The van der Waals surface area contributed by atoms with Crippen molar-refractivity contribution in [1.29, 1.82) is 0 Å². The first-order valence-electron chi connectivity index (χ1n) is 6.85. The van der Waals surface area contributed by atoms with Crippen molar-refractivity contribution < 1.29 is 4.74 Å². The Labute approximate surface area is 98.3 Å². The Kier molecular flexibility index (Phi) is 2.73. The van der Waals surface area contributed by atoms with Crippen LogP contribution in [0.15, 0.2) is 0 Å². The Bertz CT molecular complexity index is 263. The van der Waals surface area contributed by atoms with Gasteiger partial charge in [0.25, 0.3) is 0 Å². The SMILES string of the molecule is CC1OCCC1(CN)N(CC1CC1)C1CC1. The molecule has 3 heteroatoms. The second-order valence-electron chi connectivity index (χ2n) is 5.90. The molecule has 0 bridgehead atoms. The molecule has 1 aliphatic heterocycles. The van der Waals surface area contributed by atoms with Crippen LogP contribution in [-0.4, -0.2) is 42.3 Å². The first kappa shape index (κ1) is 11.0. The van der Waals surface area contributed by atoms with Crippen molar-refractivity contribution in [3.8, 4) is 0 Å². The summed E-state index contributed by atoms with van der Waals surface area (Å²) in [5, 5.41) is 0. The highest BCUT2D eigenvalue weighted by Crippen LogP contribution is 2.43. The van der Waals surface area contributed by atoms with Crippen LogP contribution in [0.1, 0.15) is 39.0 Å². The molecule has 3 fully saturated rings. The average Bonchev–Trinajstić information content (AvgIpc) is 3.15. The monoisotopic (exact) mass is 224 g/mol. The van der Waals surface area contributed by atoms with Gasteiger partial charge in [-0.1, -0.05) is 0 Å². The largest absolute Gasteiger partial charge is 0.376 e. The minimum atomic E-state index is 0.157. The molecule has 0 aromatic rings. The topological polar surface area (TPSA) is 38.5 Å². The summed E-state index contributed by atoms with van der Waals surface area (Å²) in [5.74, 6) is 0.955. The number of nitrogens with zero attached hydrogens (tertiary/aromatic N) is 1. The van der Waals surface area contributed by atoms with Crippen molar-refractivity contribution in [3.63, 3.8) is 0 Å². The molecule has 1 saturated heterocycles. The smallest absolute Gasteiger partial charge is 0.0743 e. The van der Waals surface area contributed by atoms with Crippen LogP contribution >= 0.6 is 0 Å². The molecule has 1 heterocycles. The van der Waals surface area contributed by atoms with Crippen LogP contribution in [0.4, 0.5) is 0 Å². The molecule has 0 aromatic heterocycles. The normalized spacial score (nSPS) is 39.6. The van der Waals surface area contributed by atoms with Gasteiger partial charge in [-0.3, -0.25) is 4.90 Å². The average molecular weight is 224 g/mol. The van der Waals surface area contributed by atoms with Crippen molar-refractivity contribution in [3.05, 3.63) is 0 Å². The minimum Gasteiger partial charge on any atom is -0.376 e. The lowest BCUT2D eigenvalue weighted by Crippen LogP contribution is -2.59. The molecule has 2 saturated carbocycles. The predicted molar refractivity (Wildman–Crippen MR) is 64.3 cm³/mol. The van der Waals surface area contributed by atoms with Gasteiger partial charge >= 0.3 is 0 Å². The van der Waals surface area contributed by atoms with E-state index in [1.54, 1.807) is 0 Å². The van der Waals surface area contributed by atoms with Crippen LogP contribution in [0, 0.1) is 5.92 Å². The first-order valence-corrected chi connectivity index (χ1v) is 6.85. The number of rotatable bonds is 5. The lowest BCUT2D eigenvalue weighted by molar-refractivity contribution is 0.00664. The van der Waals surface area contributed by atoms with Gasteiger partial charge in [0.2, 0.25) is 0 Å². The summed E-state index contributed by atoms with van der Waals surface area (Å²) < 4.78 is 5.80.